The van der Waals surface area contributed by atoms with Gasteiger partial charge in [0.05, 0.1) is 11.8 Å². The van der Waals surface area contributed by atoms with Gasteiger partial charge >= 0.3 is 5.97 Å². The number of allylic oxidation sites excluding steroid dienone is 2. The van der Waals surface area contributed by atoms with Gasteiger partial charge in [-0.25, -0.2) is 0 Å². The molecule has 4 rings (SSSR count). The number of rotatable bonds is 6. The fraction of sp³-hybridized carbons (Fsp3) is 0.381. The van der Waals surface area contributed by atoms with Gasteiger partial charge in [0.1, 0.15) is 6.54 Å². The lowest BCUT2D eigenvalue weighted by molar-refractivity contribution is -0.154. The fourth-order valence-corrected chi connectivity index (χ4v) is 4.45. The van der Waals surface area contributed by atoms with Crippen molar-refractivity contribution in [3.63, 3.8) is 0 Å². The van der Waals surface area contributed by atoms with E-state index >= 15 is 0 Å². The molecule has 0 unspecified atom stereocenters. The van der Waals surface area contributed by atoms with Crippen LogP contribution in [0, 0.1) is 23.7 Å². The van der Waals surface area contributed by atoms with E-state index in [0.29, 0.717) is 11.3 Å². The smallest absolute Gasteiger partial charge is 0.326 e. The Bertz CT molecular complexity index is 922. The van der Waals surface area contributed by atoms with Gasteiger partial charge in [-0.2, -0.15) is 0 Å². The van der Waals surface area contributed by atoms with E-state index in [1.165, 1.54) is 13.0 Å². The van der Waals surface area contributed by atoms with Crippen LogP contribution in [-0.4, -0.2) is 47.5 Å². The fourth-order valence-electron chi connectivity index (χ4n) is 4.45. The number of carbonyl (C=O) groups excluding carboxylic acids is 5. The number of Topliss-reactive ketones (excluding diaryl/α,β-unsaturated/α-hetero) is 1. The largest absolute Gasteiger partial charge is 0.454 e. The molecule has 8 nitrogen and oxygen atoms in total. The number of ketones is 1. The van der Waals surface area contributed by atoms with Gasteiger partial charge in [-0.3, -0.25) is 28.9 Å². The van der Waals surface area contributed by atoms with E-state index in [2.05, 4.69) is 5.32 Å². The molecule has 0 spiro atoms. The van der Waals surface area contributed by atoms with E-state index in [-0.39, 0.29) is 41.3 Å². The number of fused-ring (bicyclic) bond motifs is 5. The maximum absolute atomic E-state index is 12.5. The summed E-state index contributed by atoms with van der Waals surface area (Å²) in [7, 11) is 0. The second-order valence-corrected chi connectivity index (χ2v) is 7.61. The van der Waals surface area contributed by atoms with Gasteiger partial charge in [-0.15, -0.1) is 0 Å². The summed E-state index contributed by atoms with van der Waals surface area (Å²) in [6.45, 7) is 0.371. The van der Waals surface area contributed by atoms with Crippen molar-refractivity contribution in [3.05, 3.63) is 42.0 Å². The second kappa shape index (κ2) is 7.27. The molecule has 1 aromatic rings. The van der Waals surface area contributed by atoms with E-state index < -0.39 is 25.0 Å². The van der Waals surface area contributed by atoms with Gasteiger partial charge in [-0.1, -0.05) is 24.3 Å². The number of nitrogens with zero attached hydrogens (tertiary/aromatic N) is 1. The van der Waals surface area contributed by atoms with Crippen molar-refractivity contribution in [3.8, 4) is 0 Å². The first-order valence-corrected chi connectivity index (χ1v) is 9.45. The topological polar surface area (TPSA) is 110 Å². The van der Waals surface area contributed by atoms with Gasteiger partial charge in [0, 0.05) is 11.3 Å². The van der Waals surface area contributed by atoms with Crippen LogP contribution in [0.1, 0.15) is 23.7 Å². The maximum Gasteiger partial charge on any atom is 0.326 e. The summed E-state index contributed by atoms with van der Waals surface area (Å²) in [6, 6.07) is 6.38. The van der Waals surface area contributed by atoms with E-state index in [4.69, 9.17) is 4.74 Å². The minimum Gasteiger partial charge on any atom is -0.454 e. The maximum atomic E-state index is 12.5. The van der Waals surface area contributed by atoms with Crippen molar-refractivity contribution in [2.75, 3.05) is 18.5 Å². The Morgan fingerprint density at radius 1 is 1.10 bits per heavy atom. The van der Waals surface area contributed by atoms with Crippen molar-refractivity contribution in [2.24, 2.45) is 23.7 Å². The molecule has 3 amide bonds. The molecule has 1 aromatic carbocycles. The molecule has 150 valence electrons. The summed E-state index contributed by atoms with van der Waals surface area (Å²) in [5, 5.41) is 2.53. The molecule has 1 saturated carbocycles. The Labute approximate surface area is 166 Å². The van der Waals surface area contributed by atoms with E-state index in [1.54, 1.807) is 18.2 Å². The molecule has 1 N–H and O–H groups in total. The van der Waals surface area contributed by atoms with Crippen molar-refractivity contribution in [2.45, 2.75) is 13.3 Å². The van der Waals surface area contributed by atoms with Crippen LogP contribution in [0.2, 0.25) is 0 Å². The average molecular weight is 396 g/mol. The summed E-state index contributed by atoms with van der Waals surface area (Å²) < 4.78 is 4.92. The number of nitrogens with one attached hydrogen (secondary N) is 1. The predicted octanol–water partition coefficient (Wildman–Crippen LogP) is 1.18. The first-order chi connectivity index (χ1) is 13.8. The summed E-state index contributed by atoms with van der Waals surface area (Å²) in [4.78, 5) is 61.5. The molecule has 2 bridgehead atoms. The minimum absolute atomic E-state index is 0.0685. The molecule has 2 fully saturated rings. The number of esters is 1. The van der Waals surface area contributed by atoms with Gasteiger partial charge in [0.2, 0.25) is 11.8 Å². The molecule has 1 heterocycles. The SMILES string of the molecule is CC(=O)c1cccc(NC(=O)COC(=O)CN2C(=O)[C@@H]3[C@H](C2=O)[C@H]2C=C[C@H]3C2)c1. The Balaban J connectivity index is 1.29. The number of carbonyl (C=O) groups is 5. The van der Waals surface area contributed by atoms with E-state index in [0.717, 1.165) is 11.3 Å². The van der Waals surface area contributed by atoms with Crippen LogP contribution in [0.25, 0.3) is 0 Å². The summed E-state index contributed by atoms with van der Waals surface area (Å²) >= 11 is 0. The molecule has 2 aliphatic carbocycles. The third-order valence-electron chi connectivity index (χ3n) is 5.77. The highest BCUT2D eigenvalue weighted by Gasteiger charge is 2.59. The Morgan fingerprint density at radius 2 is 1.76 bits per heavy atom. The monoisotopic (exact) mass is 396 g/mol. The number of likely N-dealkylation sites (tertiary alicyclic amines) is 1. The molecule has 29 heavy (non-hydrogen) atoms. The van der Waals surface area contributed by atoms with Crippen molar-refractivity contribution >= 4 is 35.2 Å². The van der Waals surface area contributed by atoms with Crippen LogP contribution in [-0.2, 0) is 23.9 Å². The predicted molar refractivity (Wildman–Crippen MR) is 100 cm³/mol. The molecular formula is C21H20N2O6. The zero-order chi connectivity index (χ0) is 20.7. The summed E-state index contributed by atoms with van der Waals surface area (Å²) in [6.07, 6.45) is 4.77. The normalized spacial score (nSPS) is 26.6. The number of hydrogen-bond donors (Lipinski definition) is 1. The highest BCUT2D eigenvalue weighted by atomic mass is 16.5. The van der Waals surface area contributed by atoms with Crippen LogP contribution in [0.15, 0.2) is 36.4 Å². The quantitative estimate of drug-likeness (QED) is 0.335. The van der Waals surface area contributed by atoms with Crippen LogP contribution in [0.5, 0.6) is 0 Å². The highest BCUT2D eigenvalue weighted by molar-refractivity contribution is 6.08. The average Bonchev–Trinajstić information content (AvgIpc) is 3.37. The van der Waals surface area contributed by atoms with Crippen molar-refractivity contribution in [1.29, 1.82) is 0 Å². The first kappa shape index (κ1) is 19.0. The van der Waals surface area contributed by atoms with Crippen LogP contribution < -0.4 is 5.32 Å². The number of benzene rings is 1. The first-order valence-electron chi connectivity index (χ1n) is 9.45. The van der Waals surface area contributed by atoms with Crippen LogP contribution in [0.4, 0.5) is 5.69 Å². The Kier molecular flexibility index (Phi) is 4.77. The van der Waals surface area contributed by atoms with E-state index in [9.17, 15) is 24.0 Å². The van der Waals surface area contributed by atoms with Gasteiger partial charge < -0.3 is 10.1 Å². The Hall–Kier alpha value is -3.29. The number of imide groups is 1. The number of hydrogen-bond acceptors (Lipinski definition) is 6. The zero-order valence-electron chi connectivity index (χ0n) is 15.8. The lowest BCUT2D eigenvalue weighted by Gasteiger charge is -2.16. The minimum atomic E-state index is -0.820. The van der Waals surface area contributed by atoms with E-state index in [1.807, 2.05) is 12.2 Å². The third kappa shape index (κ3) is 3.46. The lowest BCUT2D eigenvalue weighted by atomic mass is 9.85. The summed E-state index contributed by atoms with van der Waals surface area (Å²) in [5.74, 6) is -2.82. The highest BCUT2D eigenvalue weighted by Crippen LogP contribution is 2.52. The van der Waals surface area contributed by atoms with Crippen molar-refractivity contribution in [1.82, 2.24) is 4.90 Å². The molecule has 1 aliphatic heterocycles. The molecule has 4 atom stereocenters. The molecule has 3 aliphatic rings. The molecule has 8 heteroatoms. The zero-order valence-corrected chi connectivity index (χ0v) is 15.8. The summed E-state index contributed by atoms with van der Waals surface area (Å²) in [5.41, 5.74) is 0.847. The van der Waals surface area contributed by atoms with Gasteiger partial charge in [0.15, 0.2) is 12.4 Å². The lowest BCUT2D eigenvalue weighted by Crippen LogP contribution is -2.38. The number of anilines is 1. The molecule has 0 radical (unpaired) electrons. The Morgan fingerprint density at radius 3 is 2.38 bits per heavy atom. The third-order valence-corrected chi connectivity index (χ3v) is 5.77. The second-order valence-electron chi connectivity index (χ2n) is 7.61. The standard InChI is InChI=1S/C21H20N2O6/c1-11(24)12-3-2-4-15(8-12)22-16(25)10-29-17(26)9-23-20(27)18-13-5-6-14(7-13)19(18)21(23)28/h2-6,8,13-14,18-19H,7,9-10H2,1H3,(H,22,25)/t13-,14-,18-,19+/m0/s1. The number of amides is 3. The molecule has 0 aromatic heterocycles. The molecular weight excluding hydrogens is 376 g/mol. The van der Waals surface area contributed by atoms with Crippen LogP contribution in [0.3, 0.4) is 0 Å². The van der Waals surface area contributed by atoms with Crippen LogP contribution >= 0.6 is 0 Å². The number of ether oxygens (including phenoxy) is 1. The van der Waals surface area contributed by atoms with Crippen molar-refractivity contribution < 1.29 is 28.7 Å². The molecule has 1 saturated heterocycles. The van der Waals surface area contributed by atoms with Gasteiger partial charge in [0.25, 0.3) is 5.91 Å². The van der Waals surface area contributed by atoms with Gasteiger partial charge in [-0.05, 0) is 37.3 Å².